The van der Waals surface area contributed by atoms with Crippen LogP contribution in [0.4, 0.5) is 11.4 Å². The van der Waals surface area contributed by atoms with Crippen LogP contribution in [0.3, 0.4) is 0 Å². The van der Waals surface area contributed by atoms with E-state index in [1.54, 1.807) is 6.92 Å². The highest BCUT2D eigenvalue weighted by molar-refractivity contribution is 5.93. The SMILES string of the molecule is Cc1ccc(NC(=O)COC(=O)Cc2coc(-c3ccccc3)n2)cc1[N+](=O)[O-]. The number of nitrogens with zero attached hydrogens (tertiary/aromatic N) is 2. The summed E-state index contributed by atoms with van der Waals surface area (Å²) in [6, 6.07) is 13.5. The van der Waals surface area contributed by atoms with Gasteiger partial charge in [0, 0.05) is 22.9 Å². The number of nitro benzene ring substituents is 1. The number of rotatable bonds is 7. The van der Waals surface area contributed by atoms with E-state index in [1.807, 2.05) is 30.3 Å². The summed E-state index contributed by atoms with van der Waals surface area (Å²) in [5.74, 6) is -0.878. The maximum Gasteiger partial charge on any atom is 0.312 e. The lowest BCUT2D eigenvalue weighted by atomic mass is 10.2. The van der Waals surface area contributed by atoms with Crippen molar-refractivity contribution in [3.8, 4) is 11.5 Å². The van der Waals surface area contributed by atoms with Crippen molar-refractivity contribution < 1.29 is 23.7 Å². The number of hydrogen-bond donors (Lipinski definition) is 1. The quantitative estimate of drug-likeness (QED) is 0.370. The van der Waals surface area contributed by atoms with Crippen LogP contribution in [-0.2, 0) is 20.7 Å². The normalized spacial score (nSPS) is 10.4. The minimum Gasteiger partial charge on any atom is -0.455 e. The fourth-order valence-corrected chi connectivity index (χ4v) is 2.53. The predicted octanol–water partition coefficient (Wildman–Crippen LogP) is 3.28. The van der Waals surface area contributed by atoms with Crippen LogP contribution in [0.15, 0.2) is 59.2 Å². The van der Waals surface area contributed by atoms with Gasteiger partial charge in [-0.3, -0.25) is 19.7 Å². The first-order valence-electron chi connectivity index (χ1n) is 8.62. The van der Waals surface area contributed by atoms with E-state index >= 15 is 0 Å². The molecule has 0 saturated carbocycles. The molecule has 0 unspecified atom stereocenters. The zero-order valence-electron chi connectivity index (χ0n) is 15.5. The summed E-state index contributed by atoms with van der Waals surface area (Å²) in [6.45, 7) is 1.07. The molecule has 0 saturated heterocycles. The number of hydrogen-bond acceptors (Lipinski definition) is 7. The number of ether oxygens (including phenoxy) is 1. The van der Waals surface area contributed by atoms with E-state index in [9.17, 15) is 19.7 Å². The highest BCUT2D eigenvalue weighted by atomic mass is 16.6. The molecule has 0 bridgehead atoms. The molecule has 0 radical (unpaired) electrons. The zero-order chi connectivity index (χ0) is 20.8. The van der Waals surface area contributed by atoms with Crippen LogP contribution in [0.1, 0.15) is 11.3 Å². The van der Waals surface area contributed by atoms with Gasteiger partial charge in [-0.15, -0.1) is 0 Å². The van der Waals surface area contributed by atoms with Crippen LogP contribution in [0.5, 0.6) is 0 Å². The second-order valence-electron chi connectivity index (χ2n) is 6.15. The molecule has 0 aliphatic heterocycles. The number of aromatic nitrogens is 1. The topological polar surface area (TPSA) is 125 Å². The van der Waals surface area contributed by atoms with Gasteiger partial charge >= 0.3 is 5.97 Å². The lowest BCUT2D eigenvalue weighted by molar-refractivity contribution is -0.385. The lowest BCUT2D eigenvalue weighted by Crippen LogP contribution is -2.21. The Balaban J connectivity index is 1.51. The molecule has 9 heteroatoms. The molecule has 0 fully saturated rings. The van der Waals surface area contributed by atoms with Gasteiger partial charge in [0.15, 0.2) is 6.61 Å². The minimum absolute atomic E-state index is 0.111. The number of carbonyl (C=O) groups excluding carboxylic acids is 2. The van der Waals surface area contributed by atoms with Crippen molar-refractivity contribution in [3.05, 3.63) is 76.2 Å². The zero-order valence-corrected chi connectivity index (χ0v) is 15.5. The van der Waals surface area contributed by atoms with E-state index in [4.69, 9.17) is 9.15 Å². The first-order valence-corrected chi connectivity index (χ1v) is 8.62. The van der Waals surface area contributed by atoms with E-state index in [2.05, 4.69) is 10.3 Å². The average Bonchev–Trinajstić information content (AvgIpc) is 3.17. The van der Waals surface area contributed by atoms with Crippen molar-refractivity contribution in [3.63, 3.8) is 0 Å². The van der Waals surface area contributed by atoms with Gasteiger partial charge in [0.05, 0.1) is 17.0 Å². The second kappa shape index (κ2) is 8.79. The van der Waals surface area contributed by atoms with Crippen LogP contribution in [-0.4, -0.2) is 28.4 Å². The number of nitrogens with one attached hydrogen (secondary N) is 1. The molecule has 148 valence electrons. The van der Waals surface area contributed by atoms with Crippen LogP contribution >= 0.6 is 0 Å². The van der Waals surface area contributed by atoms with E-state index in [-0.39, 0.29) is 17.8 Å². The Morgan fingerprint density at radius 1 is 1.21 bits per heavy atom. The van der Waals surface area contributed by atoms with E-state index in [0.29, 0.717) is 17.1 Å². The maximum absolute atomic E-state index is 11.9. The Morgan fingerprint density at radius 3 is 2.69 bits per heavy atom. The van der Waals surface area contributed by atoms with Gasteiger partial charge in [-0.25, -0.2) is 4.98 Å². The third kappa shape index (κ3) is 5.25. The fourth-order valence-electron chi connectivity index (χ4n) is 2.53. The smallest absolute Gasteiger partial charge is 0.312 e. The number of esters is 1. The first-order chi connectivity index (χ1) is 13.9. The second-order valence-corrected chi connectivity index (χ2v) is 6.15. The van der Waals surface area contributed by atoms with Crippen molar-refractivity contribution in [2.24, 2.45) is 0 Å². The summed E-state index contributed by atoms with van der Waals surface area (Å²) in [5, 5.41) is 13.4. The van der Waals surface area contributed by atoms with E-state index < -0.39 is 23.4 Å². The van der Waals surface area contributed by atoms with Gasteiger partial charge < -0.3 is 14.5 Å². The lowest BCUT2D eigenvalue weighted by Gasteiger charge is -2.07. The van der Waals surface area contributed by atoms with Gasteiger partial charge in [0.1, 0.15) is 6.26 Å². The van der Waals surface area contributed by atoms with Crippen molar-refractivity contribution in [1.29, 1.82) is 0 Å². The molecule has 29 heavy (non-hydrogen) atoms. The Hall–Kier alpha value is -4.01. The molecule has 0 aliphatic rings. The van der Waals surface area contributed by atoms with Gasteiger partial charge in [0.25, 0.3) is 11.6 Å². The third-order valence-corrected chi connectivity index (χ3v) is 3.95. The van der Waals surface area contributed by atoms with Crippen LogP contribution in [0, 0.1) is 17.0 Å². The minimum atomic E-state index is -0.650. The molecule has 1 heterocycles. The average molecular weight is 395 g/mol. The van der Waals surface area contributed by atoms with Gasteiger partial charge in [-0.2, -0.15) is 0 Å². The van der Waals surface area contributed by atoms with Crippen molar-refractivity contribution in [1.82, 2.24) is 4.98 Å². The maximum atomic E-state index is 11.9. The highest BCUT2D eigenvalue weighted by Crippen LogP contribution is 2.22. The standard InChI is InChI=1S/C20H17N3O6/c1-13-7-8-15(9-17(13)23(26)27)21-18(24)12-28-19(25)10-16-11-29-20(22-16)14-5-3-2-4-6-14/h2-9,11H,10,12H2,1H3,(H,21,24). The molecule has 1 amide bonds. The van der Waals surface area contributed by atoms with E-state index in [0.717, 1.165) is 5.56 Å². The number of oxazole rings is 1. The van der Waals surface area contributed by atoms with E-state index in [1.165, 1.54) is 24.5 Å². The number of aryl methyl sites for hydroxylation is 1. The van der Waals surface area contributed by atoms with Gasteiger partial charge in [0.2, 0.25) is 5.89 Å². The van der Waals surface area contributed by atoms with Gasteiger partial charge in [-0.05, 0) is 25.1 Å². The Morgan fingerprint density at radius 2 is 1.97 bits per heavy atom. The monoisotopic (exact) mass is 395 g/mol. The molecular formula is C20H17N3O6. The van der Waals surface area contributed by atoms with Crippen LogP contribution in [0.25, 0.3) is 11.5 Å². The summed E-state index contributed by atoms with van der Waals surface area (Å²) in [5.41, 5.74) is 1.76. The Bertz CT molecular complexity index is 1050. The molecular weight excluding hydrogens is 378 g/mol. The van der Waals surface area contributed by atoms with Crippen molar-refractivity contribution in [2.75, 3.05) is 11.9 Å². The summed E-state index contributed by atoms with van der Waals surface area (Å²) in [6.07, 6.45) is 1.20. The van der Waals surface area contributed by atoms with Gasteiger partial charge in [-0.1, -0.05) is 24.3 Å². The Kier molecular flexibility index (Phi) is 5.98. The highest BCUT2D eigenvalue weighted by Gasteiger charge is 2.15. The van der Waals surface area contributed by atoms with Crippen molar-refractivity contribution >= 4 is 23.3 Å². The molecule has 0 atom stereocenters. The molecule has 9 nitrogen and oxygen atoms in total. The summed E-state index contributed by atoms with van der Waals surface area (Å²) >= 11 is 0. The summed E-state index contributed by atoms with van der Waals surface area (Å²) < 4.78 is 10.3. The molecule has 1 aromatic heterocycles. The fraction of sp³-hybridized carbons (Fsp3) is 0.150. The molecule has 3 aromatic rings. The number of benzene rings is 2. The number of nitro groups is 1. The predicted molar refractivity (Wildman–Crippen MR) is 103 cm³/mol. The van der Waals surface area contributed by atoms with Crippen LogP contribution in [0.2, 0.25) is 0 Å². The Labute approximate surface area is 165 Å². The molecule has 0 aliphatic carbocycles. The largest absolute Gasteiger partial charge is 0.455 e. The molecule has 3 rings (SSSR count). The molecule has 1 N–H and O–H groups in total. The summed E-state index contributed by atoms with van der Waals surface area (Å²) in [4.78, 5) is 38.5. The molecule has 2 aromatic carbocycles. The third-order valence-electron chi connectivity index (χ3n) is 3.95. The number of amides is 1. The van der Waals surface area contributed by atoms with Crippen LogP contribution < -0.4 is 5.32 Å². The van der Waals surface area contributed by atoms with Crippen molar-refractivity contribution in [2.45, 2.75) is 13.3 Å². The molecule has 0 spiro atoms. The summed E-state index contributed by atoms with van der Waals surface area (Å²) in [7, 11) is 0. The number of carbonyl (C=O) groups is 2. The first kappa shape index (κ1) is 19.7. The number of anilines is 1.